The Bertz CT molecular complexity index is 1210. The monoisotopic (exact) mass is 413 g/mol. The number of allylic oxidation sites excluding steroid dienone is 1. The van der Waals surface area contributed by atoms with Gasteiger partial charge in [-0.05, 0) is 52.9 Å². The maximum Gasteiger partial charge on any atom is 0.343 e. The molecular weight excluding hydrogens is 390 g/mol. The fraction of sp³-hybridized carbons (Fsp3) is 0.231. The minimum absolute atomic E-state index is 0.133. The van der Waals surface area contributed by atoms with E-state index in [1.54, 1.807) is 0 Å². The van der Waals surface area contributed by atoms with Crippen LogP contribution >= 0.6 is 0 Å². The molecule has 5 heteroatoms. The zero-order valence-corrected chi connectivity index (χ0v) is 17.3. The molecule has 31 heavy (non-hydrogen) atoms. The molecule has 0 fully saturated rings. The highest BCUT2D eigenvalue weighted by molar-refractivity contribution is 6.12. The number of ether oxygens (including phenoxy) is 2. The van der Waals surface area contributed by atoms with Gasteiger partial charge in [0.2, 0.25) is 0 Å². The molecule has 1 atom stereocenters. The van der Waals surface area contributed by atoms with Crippen molar-refractivity contribution in [3.8, 4) is 5.75 Å². The number of carbonyl (C=O) groups is 2. The number of fused-ring (bicyclic) bond motifs is 4. The van der Waals surface area contributed by atoms with Crippen molar-refractivity contribution in [1.82, 2.24) is 0 Å². The van der Waals surface area contributed by atoms with Gasteiger partial charge in [-0.1, -0.05) is 42.5 Å². The molecule has 156 valence electrons. The van der Waals surface area contributed by atoms with E-state index in [9.17, 15) is 9.59 Å². The Morgan fingerprint density at radius 1 is 1.03 bits per heavy atom. The van der Waals surface area contributed by atoms with E-state index >= 15 is 0 Å². The number of methoxy groups -OCH3 is 1. The number of benzene rings is 3. The zero-order valence-electron chi connectivity index (χ0n) is 17.3. The smallest absolute Gasteiger partial charge is 0.343 e. The van der Waals surface area contributed by atoms with Gasteiger partial charge in [-0.15, -0.1) is 0 Å². The lowest BCUT2D eigenvalue weighted by molar-refractivity contribution is -0.142. The molecule has 3 aromatic rings. The van der Waals surface area contributed by atoms with Gasteiger partial charge in [-0.25, -0.2) is 4.79 Å². The van der Waals surface area contributed by atoms with E-state index in [-0.39, 0.29) is 18.4 Å². The highest BCUT2D eigenvalue weighted by Crippen LogP contribution is 2.47. The predicted molar refractivity (Wildman–Crippen MR) is 120 cm³/mol. The molecule has 1 heterocycles. The summed E-state index contributed by atoms with van der Waals surface area (Å²) in [7, 11) is 1.33. The van der Waals surface area contributed by atoms with E-state index in [1.165, 1.54) is 17.9 Å². The molecule has 0 unspecified atom stereocenters. The number of carbonyl (C=O) groups excluding carboxylic acids is 2. The number of nitrogens with one attached hydrogen (secondary N) is 1. The standard InChI is InChI=1S/C26H23NO4/c1-30-23(29)15-31-18-12-9-17(10-13-18)26-25-20(7-4-8-22(25)28)24-19-6-3-2-5-16(19)11-14-21(24)27-26/h2-3,5-6,9-14,26-27H,4,7-8,15H2,1H3/t26-/m0/s1. The van der Waals surface area contributed by atoms with Crippen molar-refractivity contribution in [3.63, 3.8) is 0 Å². The molecule has 5 nitrogen and oxygen atoms in total. The summed E-state index contributed by atoms with van der Waals surface area (Å²) in [6, 6.07) is 19.9. The van der Waals surface area contributed by atoms with Gasteiger partial charge < -0.3 is 14.8 Å². The molecule has 0 spiro atoms. The fourth-order valence-corrected chi connectivity index (χ4v) is 4.61. The van der Waals surface area contributed by atoms with Gasteiger partial charge in [0.1, 0.15) is 5.75 Å². The maximum atomic E-state index is 13.1. The summed E-state index contributed by atoms with van der Waals surface area (Å²) in [6.45, 7) is -0.133. The van der Waals surface area contributed by atoms with E-state index in [0.29, 0.717) is 12.2 Å². The van der Waals surface area contributed by atoms with Crippen molar-refractivity contribution in [3.05, 3.63) is 77.4 Å². The van der Waals surface area contributed by atoms with Crippen molar-refractivity contribution >= 4 is 33.8 Å². The number of anilines is 1. The van der Waals surface area contributed by atoms with Crippen LogP contribution in [0, 0.1) is 0 Å². The number of rotatable bonds is 4. The van der Waals surface area contributed by atoms with Gasteiger partial charge in [0.25, 0.3) is 0 Å². The third-order valence-corrected chi connectivity index (χ3v) is 6.07. The molecule has 1 N–H and O–H groups in total. The summed E-state index contributed by atoms with van der Waals surface area (Å²) in [5, 5.41) is 5.98. The maximum absolute atomic E-state index is 13.1. The van der Waals surface area contributed by atoms with Crippen LogP contribution in [-0.4, -0.2) is 25.5 Å². The molecule has 5 rings (SSSR count). The third kappa shape index (κ3) is 3.46. The van der Waals surface area contributed by atoms with Crippen LogP contribution in [0.3, 0.4) is 0 Å². The largest absolute Gasteiger partial charge is 0.482 e. The van der Waals surface area contributed by atoms with Crippen molar-refractivity contribution in [2.24, 2.45) is 0 Å². The quantitative estimate of drug-likeness (QED) is 0.606. The van der Waals surface area contributed by atoms with Gasteiger partial charge in [0.15, 0.2) is 12.4 Å². The Labute approximate surface area is 180 Å². The van der Waals surface area contributed by atoms with E-state index in [2.05, 4.69) is 34.3 Å². The number of hydrogen-bond donors (Lipinski definition) is 1. The summed E-state index contributed by atoms with van der Waals surface area (Å²) in [6.07, 6.45) is 2.37. The average Bonchev–Trinajstić information content (AvgIpc) is 2.82. The molecule has 3 aromatic carbocycles. The molecule has 0 radical (unpaired) electrons. The van der Waals surface area contributed by atoms with Crippen molar-refractivity contribution < 1.29 is 19.1 Å². The van der Waals surface area contributed by atoms with Crippen LogP contribution in [0.1, 0.15) is 36.4 Å². The second-order valence-corrected chi connectivity index (χ2v) is 7.89. The van der Waals surface area contributed by atoms with Crippen LogP contribution in [0.2, 0.25) is 0 Å². The third-order valence-electron chi connectivity index (χ3n) is 6.07. The van der Waals surface area contributed by atoms with E-state index in [0.717, 1.165) is 40.8 Å². The Balaban J connectivity index is 1.55. The molecule has 0 aromatic heterocycles. The first kappa shape index (κ1) is 19.4. The highest BCUT2D eigenvalue weighted by atomic mass is 16.6. The minimum atomic E-state index is -0.426. The Morgan fingerprint density at radius 2 is 1.84 bits per heavy atom. The first-order chi connectivity index (χ1) is 15.2. The van der Waals surface area contributed by atoms with E-state index in [1.807, 2.05) is 36.4 Å². The summed E-state index contributed by atoms with van der Waals surface area (Å²) in [5.74, 6) is 0.369. The van der Waals surface area contributed by atoms with Crippen molar-refractivity contribution in [2.75, 3.05) is 19.0 Å². The minimum Gasteiger partial charge on any atom is -0.482 e. The molecule has 1 aliphatic carbocycles. The van der Waals surface area contributed by atoms with Crippen LogP contribution in [0.15, 0.2) is 66.2 Å². The topological polar surface area (TPSA) is 64.6 Å². The summed E-state index contributed by atoms with van der Waals surface area (Å²) in [4.78, 5) is 24.4. The second-order valence-electron chi connectivity index (χ2n) is 7.89. The van der Waals surface area contributed by atoms with Crippen LogP contribution in [-0.2, 0) is 14.3 Å². The highest BCUT2D eigenvalue weighted by Gasteiger charge is 2.34. The van der Waals surface area contributed by atoms with Crippen LogP contribution in [0.4, 0.5) is 5.69 Å². The van der Waals surface area contributed by atoms with E-state index < -0.39 is 5.97 Å². The Morgan fingerprint density at radius 3 is 2.65 bits per heavy atom. The Hall–Kier alpha value is -3.60. The SMILES string of the molecule is COC(=O)COc1ccc([C@@H]2Nc3ccc4ccccc4c3C3=C2C(=O)CCC3)cc1. The summed E-state index contributed by atoms with van der Waals surface area (Å²) < 4.78 is 10.1. The number of hydrogen-bond acceptors (Lipinski definition) is 5. The van der Waals surface area contributed by atoms with Crippen molar-refractivity contribution in [2.45, 2.75) is 25.3 Å². The number of Topliss-reactive ketones (excluding diaryl/α,β-unsaturated/α-hetero) is 1. The van der Waals surface area contributed by atoms with Crippen LogP contribution < -0.4 is 10.1 Å². The average molecular weight is 413 g/mol. The molecule has 0 saturated heterocycles. The molecule has 2 aliphatic rings. The van der Waals surface area contributed by atoms with Gasteiger partial charge in [0.05, 0.1) is 13.2 Å². The van der Waals surface area contributed by atoms with Crippen LogP contribution in [0.25, 0.3) is 16.3 Å². The fourth-order valence-electron chi connectivity index (χ4n) is 4.61. The zero-order chi connectivity index (χ0) is 21.4. The van der Waals surface area contributed by atoms with Crippen molar-refractivity contribution in [1.29, 1.82) is 0 Å². The molecule has 0 bridgehead atoms. The summed E-state index contributed by atoms with van der Waals surface area (Å²) in [5.41, 5.74) is 5.25. The second kappa shape index (κ2) is 7.91. The van der Waals surface area contributed by atoms with Gasteiger partial charge in [-0.2, -0.15) is 0 Å². The van der Waals surface area contributed by atoms with Gasteiger partial charge >= 0.3 is 5.97 Å². The number of ketones is 1. The van der Waals surface area contributed by atoms with Gasteiger partial charge in [0, 0.05) is 23.2 Å². The number of esters is 1. The lowest BCUT2D eigenvalue weighted by Crippen LogP contribution is -2.27. The van der Waals surface area contributed by atoms with Gasteiger partial charge in [-0.3, -0.25) is 4.79 Å². The Kier molecular flexibility index (Phi) is 4.94. The van der Waals surface area contributed by atoms with E-state index in [4.69, 9.17) is 4.74 Å². The lowest BCUT2D eigenvalue weighted by Gasteiger charge is -2.35. The molecule has 0 amide bonds. The normalized spacial score (nSPS) is 17.6. The molecular formula is C26H23NO4. The molecule has 0 saturated carbocycles. The molecule has 1 aliphatic heterocycles. The van der Waals surface area contributed by atoms with Crippen LogP contribution in [0.5, 0.6) is 5.75 Å². The lowest BCUT2D eigenvalue weighted by atomic mass is 9.77. The summed E-state index contributed by atoms with van der Waals surface area (Å²) >= 11 is 0. The first-order valence-electron chi connectivity index (χ1n) is 10.5. The first-order valence-corrected chi connectivity index (χ1v) is 10.5. The predicted octanol–water partition coefficient (Wildman–Crippen LogP) is 5.07.